The molecule has 0 aromatic carbocycles. The number of esters is 3. The molecule has 0 aliphatic heterocycles. The number of carbonyl (C=O) groups is 3. The molecule has 0 spiro atoms. The van der Waals surface area contributed by atoms with Crippen molar-refractivity contribution in [1.29, 1.82) is 0 Å². The summed E-state index contributed by atoms with van der Waals surface area (Å²) in [7, 11) is 0. The van der Waals surface area contributed by atoms with Crippen molar-refractivity contribution in [3.8, 4) is 0 Å². The van der Waals surface area contributed by atoms with Crippen LogP contribution >= 0.6 is 0 Å². The number of carbonyl (C=O) groups excluding carboxylic acids is 3. The van der Waals surface area contributed by atoms with Crippen LogP contribution in [0.1, 0.15) is 342 Å². The van der Waals surface area contributed by atoms with Gasteiger partial charge in [0.2, 0.25) is 0 Å². The molecule has 0 bridgehead atoms. The minimum atomic E-state index is -0.780. The van der Waals surface area contributed by atoms with Crippen LogP contribution in [0.15, 0.2) is 60.8 Å². The molecule has 6 heteroatoms. The lowest BCUT2D eigenvalue weighted by molar-refractivity contribution is -0.167. The number of ether oxygens (including phenoxy) is 3. The van der Waals surface area contributed by atoms with Crippen LogP contribution in [-0.2, 0) is 28.6 Å². The largest absolute Gasteiger partial charge is 0.462 e. The Morgan fingerprint density at radius 1 is 0.267 bits per heavy atom. The molecule has 0 saturated heterocycles. The normalized spacial score (nSPS) is 12.4. The molecular weight excluding hydrogens is 925 g/mol. The van der Waals surface area contributed by atoms with Gasteiger partial charge in [0, 0.05) is 19.3 Å². The van der Waals surface area contributed by atoms with Gasteiger partial charge in [-0.1, -0.05) is 274 Å². The summed E-state index contributed by atoms with van der Waals surface area (Å²) in [5.74, 6) is -0.876. The standard InChI is InChI=1S/C69H124O6/c1-4-7-10-13-16-19-22-25-27-29-30-31-32-33-34-35-36-37-38-40-41-44-47-50-53-56-59-62-68(71)74-65-66(64-73-67(70)61-58-55-52-49-46-43-24-21-18-15-12-9-6-3)75-69(72)63-60-57-54-51-48-45-42-39-28-26-23-20-17-14-11-8-5-2/h21-22,24-26,28-30,32-33,66H,4-20,23,27,31,34-65H2,1-3H3/b24-21-,25-22-,28-26-,30-29-,33-32-. The molecule has 1 unspecified atom stereocenters. The van der Waals surface area contributed by atoms with E-state index in [0.717, 1.165) is 77.0 Å². The van der Waals surface area contributed by atoms with Crippen LogP contribution in [0.5, 0.6) is 0 Å². The zero-order valence-electron chi connectivity index (χ0n) is 50.1. The number of hydrogen-bond donors (Lipinski definition) is 0. The Labute approximate surface area is 466 Å². The fourth-order valence-electron chi connectivity index (χ4n) is 9.50. The predicted octanol–water partition coefficient (Wildman–Crippen LogP) is 22.3. The van der Waals surface area contributed by atoms with Crippen LogP contribution in [0.3, 0.4) is 0 Å². The Morgan fingerprint density at radius 3 is 0.773 bits per heavy atom. The fourth-order valence-corrected chi connectivity index (χ4v) is 9.50. The minimum absolute atomic E-state index is 0.0774. The van der Waals surface area contributed by atoms with Crippen molar-refractivity contribution in [3.63, 3.8) is 0 Å². The van der Waals surface area contributed by atoms with E-state index in [9.17, 15) is 14.4 Å². The molecule has 0 aliphatic rings. The van der Waals surface area contributed by atoms with E-state index in [4.69, 9.17) is 14.2 Å². The molecule has 0 saturated carbocycles. The number of allylic oxidation sites excluding steroid dienone is 10. The number of hydrogen-bond acceptors (Lipinski definition) is 6. The van der Waals surface area contributed by atoms with E-state index in [1.54, 1.807) is 0 Å². The van der Waals surface area contributed by atoms with Gasteiger partial charge in [-0.2, -0.15) is 0 Å². The average molecular weight is 1050 g/mol. The zero-order chi connectivity index (χ0) is 54.3. The van der Waals surface area contributed by atoms with Crippen molar-refractivity contribution >= 4 is 17.9 Å². The fraction of sp³-hybridized carbons (Fsp3) is 0.812. The summed E-state index contributed by atoms with van der Waals surface area (Å²) in [5, 5.41) is 0. The molecule has 0 heterocycles. The molecule has 75 heavy (non-hydrogen) atoms. The first-order chi connectivity index (χ1) is 37.0. The highest BCUT2D eigenvalue weighted by atomic mass is 16.6. The highest BCUT2D eigenvalue weighted by Gasteiger charge is 2.19. The summed E-state index contributed by atoms with van der Waals surface area (Å²) in [6.45, 7) is 6.64. The summed E-state index contributed by atoms with van der Waals surface area (Å²) < 4.78 is 16.9. The zero-order valence-corrected chi connectivity index (χ0v) is 50.1. The lowest BCUT2D eigenvalue weighted by Gasteiger charge is -2.18. The van der Waals surface area contributed by atoms with Crippen molar-refractivity contribution in [1.82, 2.24) is 0 Å². The van der Waals surface area contributed by atoms with Crippen molar-refractivity contribution in [2.75, 3.05) is 13.2 Å². The molecule has 436 valence electrons. The van der Waals surface area contributed by atoms with Gasteiger partial charge in [0.25, 0.3) is 0 Å². The molecule has 1 atom stereocenters. The van der Waals surface area contributed by atoms with Gasteiger partial charge in [0.1, 0.15) is 13.2 Å². The lowest BCUT2D eigenvalue weighted by atomic mass is 10.0. The maximum absolute atomic E-state index is 12.9. The Balaban J connectivity index is 4.26. The van der Waals surface area contributed by atoms with Gasteiger partial charge >= 0.3 is 17.9 Å². The molecule has 0 aliphatic carbocycles. The van der Waals surface area contributed by atoms with Crippen molar-refractivity contribution in [3.05, 3.63) is 60.8 Å². The van der Waals surface area contributed by atoms with Gasteiger partial charge in [-0.25, -0.2) is 0 Å². The average Bonchev–Trinajstić information content (AvgIpc) is 3.41. The van der Waals surface area contributed by atoms with Crippen molar-refractivity contribution in [2.45, 2.75) is 348 Å². The van der Waals surface area contributed by atoms with Crippen LogP contribution < -0.4 is 0 Å². The molecule has 6 nitrogen and oxygen atoms in total. The molecule has 0 fully saturated rings. The Morgan fingerprint density at radius 2 is 0.480 bits per heavy atom. The smallest absolute Gasteiger partial charge is 0.306 e. The Kier molecular flexibility index (Phi) is 61.2. The maximum Gasteiger partial charge on any atom is 0.306 e. The quantitative estimate of drug-likeness (QED) is 0.0261. The second-order valence-electron chi connectivity index (χ2n) is 22.0. The van der Waals surface area contributed by atoms with Crippen LogP contribution in [0, 0.1) is 0 Å². The van der Waals surface area contributed by atoms with Gasteiger partial charge in [-0.15, -0.1) is 0 Å². The third-order valence-electron chi connectivity index (χ3n) is 14.5. The summed E-state index contributed by atoms with van der Waals surface area (Å²) in [5.41, 5.74) is 0. The van der Waals surface area contributed by atoms with Gasteiger partial charge < -0.3 is 14.2 Å². The van der Waals surface area contributed by atoms with E-state index >= 15 is 0 Å². The molecule has 0 N–H and O–H groups in total. The first-order valence-electron chi connectivity index (χ1n) is 32.8. The van der Waals surface area contributed by atoms with Crippen LogP contribution in [0.25, 0.3) is 0 Å². The first kappa shape index (κ1) is 72.1. The van der Waals surface area contributed by atoms with E-state index in [1.807, 2.05) is 0 Å². The number of rotatable bonds is 60. The molecule has 0 aromatic heterocycles. The monoisotopic (exact) mass is 1050 g/mol. The summed E-state index contributed by atoms with van der Waals surface area (Å²) in [4.78, 5) is 38.3. The lowest BCUT2D eigenvalue weighted by Crippen LogP contribution is -2.30. The molecule has 0 rings (SSSR count). The van der Waals surface area contributed by atoms with Gasteiger partial charge in [0.05, 0.1) is 0 Å². The highest BCUT2D eigenvalue weighted by molar-refractivity contribution is 5.71. The minimum Gasteiger partial charge on any atom is -0.462 e. The first-order valence-corrected chi connectivity index (χ1v) is 32.8. The predicted molar refractivity (Wildman–Crippen MR) is 325 cm³/mol. The van der Waals surface area contributed by atoms with E-state index < -0.39 is 6.10 Å². The third kappa shape index (κ3) is 61.8. The summed E-state index contributed by atoms with van der Waals surface area (Å²) in [6.07, 6.45) is 80.9. The second-order valence-corrected chi connectivity index (χ2v) is 22.0. The van der Waals surface area contributed by atoms with E-state index in [0.29, 0.717) is 19.3 Å². The van der Waals surface area contributed by atoms with Gasteiger partial charge in [-0.3, -0.25) is 14.4 Å². The van der Waals surface area contributed by atoms with Crippen LogP contribution in [0.2, 0.25) is 0 Å². The van der Waals surface area contributed by atoms with E-state index in [2.05, 4.69) is 81.5 Å². The maximum atomic E-state index is 12.9. The molecular formula is C69H124O6. The highest BCUT2D eigenvalue weighted by Crippen LogP contribution is 2.16. The van der Waals surface area contributed by atoms with E-state index in [1.165, 1.54) is 225 Å². The van der Waals surface area contributed by atoms with Gasteiger partial charge in [-0.05, 0) is 109 Å². The molecule has 0 radical (unpaired) electrons. The van der Waals surface area contributed by atoms with Crippen LogP contribution in [-0.4, -0.2) is 37.2 Å². The number of unbranched alkanes of at least 4 members (excludes halogenated alkanes) is 39. The van der Waals surface area contributed by atoms with Crippen LogP contribution in [0.4, 0.5) is 0 Å². The summed E-state index contributed by atoms with van der Waals surface area (Å²) >= 11 is 0. The molecule has 0 amide bonds. The topological polar surface area (TPSA) is 78.9 Å². The van der Waals surface area contributed by atoms with E-state index in [-0.39, 0.29) is 31.1 Å². The molecule has 0 aromatic rings. The Hall–Kier alpha value is -2.89. The summed E-state index contributed by atoms with van der Waals surface area (Å²) in [6, 6.07) is 0. The SMILES string of the molecule is CCCCCC/C=C\CCCCCCCC(=O)OCC(COC(=O)CCCCCCCCCCCCCC/C=C\C/C=C\C/C=C\CCCCCCC)OC(=O)CCCCCCCCC/C=C\CCCCCCCC. The third-order valence-corrected chi connectivity index (χ3v) is 14.5. The second kappa shape index (κ2) is 63.6. The Bertz CT molecular complexity index is 1340. The van der Waals surface area contributed by atoms with Gasteiger partial charge in [0.15, 0.2) is 6.10 Å². The van der Waals surface area contributed by atoms with Crippen molar-refractivity contribution in [2.24, 2.45) is 0 Å². The van der Waals surface area contributed by atoms with Crippen molar-refractivity contribution < 1.29 is 28.6 Å².